The zero-order valence-electron chi connectivity index (χ0n) is 24.6. The van der Waals surface area contributed by atoms with Gasteiger partial charge in [0.15, 0.2) is 5.82 Å². The van der Waals surface area contributed by atoms with Crippen molar-refractivity contribution in [1.82, 2.24) is 20.5 Å². The summed E-state index contributed by atoms with van der Waals surface area (Å²) in [6.07, 6.45) is 3.80. The van der Waals surface area contributed by atoms with Crippen molar-refractivity contribution < 1.29 is 29.0 Å². The Balaban J connectivity index is 1.92. The number of allylic oxidation sites excluding steroid dienone is 1. The number of carboxylic acid groups (broad SMARTS) is 1. The maximum absolute atomic E-state index is 13.8. The molecule has 3 unspecified atom stereocenters. The first kappa shape index (κ1) is 31.2. The molecule has 2 aromatic rings. The molecular formula is C29H40N6O6. The molecule has 1 aromatic heterocycles. The van der Waals surface area contributed by atoms with Gasteiger partial charge in [-0.05, 0) is 50.6 Å². The lowest BCUT2D eigenvalue weighted by Gasteiger charge is -2.35. The number of aromatic nitrogens is 1. The molecule has 0 radical (unpaired) electrons. The third-order valence-electron chi connectivity index (χ3n) is 6.37. The lowest BCUT2D eigenvalue weighted by molar-refractivity contribution is -0.150. The highest BCUT2D eigenvalue weighted by Gasteiger charge is 2.46. The van der Waals surface area contributed by atoms with E-state index in [0.717, 1.165) is 0 Å². The molecule has 3 atom stereocenters. The molecule has 0 bridgehead atoms. The number of nitrogens with one attached hydrogen (secondary N) is 2. The molecule has 1 fully saturated rings. The molecular weight excluding hydrogens is 528 g/mol. The number of benzene rings is 1. The molecule has 222 valence electrons. The van der Waals surface area contributed by atoms with Crippen LogP contribution in [0.3, 0.4) is 0 Å². The first-order chi connectivity index (χ1) is 19.1. The number of likely N-dealkylation sites (tertiary alicyclic amines) is 1. The van der Waals surface area contributed by atoms with Crippen LogP contribution in [-0.4, -0.2) is 76.5 Å². The molecule has 12 heteroatoms. The summed E-state index contributed by atoms with van der Waals surface area (Å²) in [5.74, 6) is -0.275. The van der Waals surface area contributed by atoms with Crippen LogP contribution in [0.2, 0.25) is 0 Å². The summed E-state index contributed by atoms with van der Waals surface area (Å²) in [6.45, 7) is 10.9. The van der Waals surface area contributed by atoms with Crippen molar-refractivity contribution in [3.63, 3.8) is 0 Å². The molecule has 12 nitrogen and oxygen atoms in total. The number of aliphatic carboxylic acids is 1. The van der Waals surface area contributed by atoms with Gasteiger partial charge in [-0.2, -0.15) is 0 Å². The van der Waals surface area contributed by atoms with Gasteiger partial charge >= 0.3 is 12.0 Å². The summed E-state index contributed by atoms with van der Waals surface area (Å²) in [7, 11) is 1.55. The number of hydrogen-bond acceptors (Lipinski definition) is 8. The highest BCUT2D eigenvalue weighted by Crippen LogP contribution is 2.34. The van der Waals surface area contributed by atoms with Gasteiger partial charge in [0.25, 0.3) is 0 Å². The Morgan fingerprint density at radius 2 is 1.90 bits per heavy atom. The van der Waals surface area contributed by atoms with E-state index in [4.69, 9.17) is 15.2 Å². The van der Waals surface area contributed by atoms with Gasteiger partial charge in [0.05, 0.1) is 19.2 Å². The smallest absolute Gasteiger partial charge is 0.326 e. The number of pyridine rings is 1. The molecule has 1 saturated heterocycles. The Morgan fingerprint density at radius 3 is 2.49 bits per heavy atom. The highest BCUT2D eigenvalue weighted by atomic mass is 16.5. The van der Waals surface area contributed by atoms with Crippen LogP contribution >= 0.6 is 0 Å². The third kappa shape index (κ3) is 8.09. The lowest BCUT2D eigenvalue weighted by Crippen LogP contribution is -2.60. The number of carbonyl (C=O) groups is 3. The average Bonchev–Trinajstić information content (AvgIpc) is 3.29. The number of rotatable bonds is 8. The molecule has 0 aliphatic carbocycles. The average molecular weight is 569 g/mol. The fourth-order valence-corrected chi connectivity index (χ4v) is 4.49. The molecule has 5 N–H and O–H groups in total. The zero-order valence-corrected chi connectivity index (χ0v) is 24.6. The van der Waals surface area contributed by atoms with Crippen LogP contribution in [0, 0.1) is 5.41 Å². The molecule has 1 aliphatic heterocycles. The molecule has 2 heterocycles. The van der Waals surface area contributed by atoms with Crippen molar-refractivity contribution in [3.8, 4) is 11.5 Å². The van der Waals surface area contributed by atoms with Crippen molar-refractivity contribution >= 4 is 40.8 Å². The number of ether oxygens (including phenoxy) is 2. The summed E-state index contributed by atoms with van der Waals surface area (Å²) in [4.78, 5) is 48.9. The van der Waals surface area contributed by atoms with E-state index in [1.807, 2.05) is 41.5 Å². The van der Waals surface area contributed by atoms with Gasteiger partial charge in [-0.3, -0.25) is 4.79 Å². The van der Waals surface area contributed by atoms with Crippen LogP contribution in [0.25, 0.3) is 10.9 Å². The number of carboxylic acids is 1. The second-order valence-electron chi connectivity index (χ2n) is 12.0. The summed E-state index contributed by atoms with van der Waals surface area (Å²) in [6, 6.07) is 4.33. The molecule has 3 rings (SSSR count). The highest BCUT2D eigenvalue weighted by molar-refractivity contribution is 5.92. The maximum Gasteiger partial charge on any atom is 0.326 e. The number of nitrogens with zero attached hydrogens (tertiary/aromatic N) is 3. The summed E-state index contributed by atoms with van der Waals surface area (Å²) >= 11 is 0. The van der Waals surface area contributed by atoms with Crippen molar-refractivity contribution in [2.24, 2.45) is 16.1 Å². The number of methoxy groups -OCH3 is 1. The molecule has 0 saturated carbocycles. The number of nitrogens with two attached hydrogens (primary N) is 1. The van der Waals surface area contributed by atoms with Gasteiger partial charge in [-0.1, -0.05) is 20.8 Å². The van der Waals surface area contributed by atoms with E-state index in [1.54, 1.807) is 37.5 Å². The molecule has 1 aromatic carbocycles. The van der Waals surface area contributed by atoms with Gasteiger partial charge in [0.1, 0.15) is 29.7 Å². The second kappa shape index (κ2) is 12.4. The van der Waals surface area contributed by atoms with Crippen LogP contribution in [0.5, 0.6) is 11.5 Å². The van der Waals surface area contributed by atoms with Gasteiger partial charge in [0, 0.05) is 35.7 Å². The van der Waals surface area contributed by atoms with Gasteiger partial charge in [-0.25, -0.2) is 19.6 Å². The van der Waals surface area contributed by atoms with E-state index >= 15 is 0 Å². The number of urea groups is 1. The fourth-order valence-electron chi connectivity index (χ4n) is 4.49. The molecule has 0 spiro atoms. The Morgan fingerprint density at radius 1 is 1.20 bits per heavy atom. The number of amides is 3. The number of hydrogen-bond donors (Lipinski definition) is 4. The van der Waals surface area contributed by atoms with Gasteiger partial charge in [-0.15, -0.1) is 0 Å². The largest absolute Gasteiger partial charge is 0.497 e. The quantitative estimate of drug-likeness (QED) is 0.352. The topological polar surface area (TPSA) is 168 Å². The first-order valence-corrected chi connectivity index (χ1v) is 13.3. The van der Waals surface area contributed by atoms with E-state index in [-0.39, 0.29) is 13.0 Å². The number of carbonyl (C=O) groups excluding carboxylic acids is 2. The summed E-state index contributed by atoms with van der Waals surface area (Å²) in [5, 5.41) is 16.2. The van der Waals surface area contributed by atoms with Crippen LogP contribution < -0.4 is 25.8 Å². The fraction of sp³-hybridized carbons (Fsp3) is 0.483. The molecule has 1 aliphatic rings. The first-order valence-electron chi connectivity index (χ1n) is 13.3. The normalized spacial score (nSPS) is 18.6. The molecule has 3 amide bonds. The number of fused-ring (bicyclic) bond motifs is 1. The van der Waals surface area contributed by atoms with E-state index in [1.165, 1.54) is 17.3 Å². The van der Waals surface area contributed by atoms with Crippen LogP contribution in [0.15, 0.2) is 41.5 Å². The minimum atomic E-state index is -1.15. The van der Waals surface area contributed by atoms with E-state index in [2.05, 4.69) is 20.6 Å². The zero-order chi connectivity index (χ0) is 30.5. The summed E-state index contributed by atoms with van der Waals surface area (Å²) in [5.41, 5.74) is 4.74. The predicted molar refractivity (Wildman–Crippen MR) is 157 cm³/mol. The van der Waals surface area contributed by atoms with Crippen LogP contribution in [-0.2, 0) is 9.59 Å². The van der Waals surface area contributed by atoms with Crippen molar-refractivity contribution in [1.29, 1.82) is 0 Å². The summed E-state index contributed by atoms with van der Waals surface area (Å²) < 4.78 is 11.7. The van der Waals surface area contributed by atoms with Gasteiger partial charge < -0.3 is 35.8 Å². The minimum absolute atomic E-state index is 0.0133. The number of aliphatic imine (C=N–C) groups is 1. The van der Waals surface area contributed by atoms with Gasteiger partial charge in [0.2, 0.25) is 5.91 Å². The van der Waals surface area contributed by atoms with Crippen LogP contribution in [0.4, 0.5) is 10.6 Å². The lowest BCUT2D eigenvalue weighted by atomic mass is 9.85. The molecule has 41 heavy (non-hydrogen) atoms. The van der Waals surface area contributed by atoms with Crippen molar-refractivity contribution in [2.45, 2.75) is 71.7 Å². The standard InChI is InChI=1S/C29H40N6O6/c1-28(2,3)24(33-27(39)34-29(4,5)6)25(36)35-16-18(14-21(35)26(37)38)41-22-15-23(31-12-8-11-30)32-20-13-17(40-7)9-10-19(20)22/h8-13,15,18,21,24H,14,16,30H2,1-7H3,(H,37,38)(H2,33,34,39). The van der Waals surface area contributed by atoms with Crippen LogP contribution in [0.1, 0.15) is 48.0 Å². The van der Waals surface area contributed by atoms with E-state index in [0.29, 0.717) is 28.2 Å². The Kier molecular flexibility index (Phi) is 9.46. The SMILES string of the molecule is COc1ccc2c(OC3CC(C(=O)O)N(C(=O)C(NC(=O)NC(C)(C)C)C(C)(C)C)C3)cc(N=CC=CN)nc2c1. The monoisotopic (exact) mass is 568 g/mol. The Bertz CT molecular complexity index is 1340. The second-order valence-corrected chi connectivity index (χ2v) is 12.0. The minimum Gasteiger partial charge on any atom is -0.497 e. The van der Waals surface area contributed by atoms with Crippen molar-refractivity contribution in [2.75, 3.05) is 13.7 Å². The maximum atomic E-state index is 13.8. The van der Waals surface area contributed by atoms with Crippen molar-refractivity contribution in [3.05, 3.63) is 36.5 Å². The third-order valence-corrected chi connectivity index (χ3v) is 6.37. The van der Waals surface area contributed by atoms with E-state index in [9.17, 15) is 19.5 Å². The Hall–Kier alpha value is -4.35. The predicted octanol–water partition coefficient (Wildman–Crippen LogP) is 3.36. The Labute approximate surface area is 240 Å². The van der Waals surface area contributed by atoms with E-state index < -0.39 is 47.0 Å².